The van der Waals surface area contributed by atoms with E-state index in [0.717, 1.165) is 29.4 Å². The van der Waals surface area contributed by atoms with Crippen LogP contribution in [0.2, 0.25) is 0 Å². The van der Waals surface area contributed by atoms with E-state index < -0.39 is 12.2 Å². The molecule has 1 aliphatic heterocycles. The van der Waals surface area contributed by atoms with Crippen LogP contribution < -0.4 is 14.4 Å². The zero-order valence-electron chi connectivity index (χ0n) is 20.8. The summed E-state index contributed by atoms with van der Waals surface area (Å²) in [6, 6.07) is 18.7. The van der Waals surface area contributed by atoms with Crippen molar-refractivity contribution in [3.63, 3.8) is 0 Å². The van der Waals surface area contributed by atoms with Crippen molar-refractivity contribution in [2.75, 3.05) is 10.7 Å². The number of esters is 1. The van der Waals surface area contributed by atoms with Crippen molar-refractivity contribution in [1.82, 2.24) is 15.2 Å². The van der Waals surface area contributed by atoms with Gasteiger partial charge in [0.1, 0.15) is 5.75 Å². The zero-order chi connectivity index (χ0) is 25.9. The van der Waals surface area contributed by atoms with Crippen LogP contribution >= 0.6 is 11.8 Å². The van der Waals surface area contributed by atoms with E-state index in [4.69, 9.17) is 14.5 Å². The fourth-order valence-corrected chi connectivity index (χ4v) is 5.25. The number of nitrogens with zero attached hydrogens (tertiary/aromatic N) is 4. The van der Waals surface area contributed by atoms with Crippen LogP contribution in [-0.4, -0.2) is 32.8 Å². The number of hydrogen-bond donors (Lipinski definition) is 0. The second-order valence-corrected chi connectivity index (χ2v) is 9.68. The maximum absolute atomic E-state index is 13.2. The summed E-state index contributed by atoms with van der Waals surface area (Å²) in [5, 5.41) is 11.0. The number of thioether (sulfide) groups is 1. The van der Waals surface area contributed by atoms with Crippen molar-refractivity contribution in [2.24, 2.45) is 0 Å². The van der Waals surface area contributed by atoms with Gasteiger partial charge in [0, 0.05) is 25.2 Å². The van der Waals surface area contributed by atoms with Gasteiger partial charge in [-0.2, -0.15) is 4.98 Å². The highest BCUT2D eigenvalue weighted by Gasteiger charge is 2.37. The summed E-state index contributed by atoms with van der Waals surface area (Å²) in [5.41, 5.74) is 2.26. The van der Waals surface area contributed by atoms with Gasteiger partial charge in [-0.05, 0) is 29.3 Å². The maximum Gasteiger partial charge on any atom is 0.308 e. The summed E-state index contributed by atoms with van der Waals surface area (Å²) >= 11 is 1.51. The minimum Gasteiger partial charge on any atom is -0.447 e. The smallest absolute Gasteiger partial charge is 0.308 e. The molecule has 1 amide bonds. The van der Waals surface area contributed by atoms with Crippen molar-refractivity contribution in [2.45, 2.75) is 45.0 Å². The molecule has 3 aromatic carbocycles. The molecule has 0 radical (unpaired) electrons. The van der Waals surface area contributed by atoms with Crippen LogP contribution in [0, 0.1) is 0 Å². The number of aromatic nitrogens is 3. The number of benzene rings is 3. The molecule has 188 valence electrons. The monoisotopic (exact) mass is 514 g/mol. The van der Waals surface area contributed by atoms with Crippen molar-refractivity contribution in [1.29, 1.82) is 0 Å². The Kier molecular flexibility index (Phi) is 7.05. The van der Waals surface area contributed by atoms with Crippen molar-refractivity contribution < 1.29 is 19.1 Å². The van der Waals surface area contributed by atoms with E-state index >= 15 is 0 Å². The third-order valence-corrected chi connectivity index (χ3v) is 6.94. The molecule has 37 heavy (non-hydrogen) atoms. The van der Waals surface area contributed by atoms with Crippen LogP contribution in [0.3, 0.4) is 0 Å². The Hall–Kier alpha value is -3.98. The van der Waals surface area contributed by atoms with E-state index in [1.54, 1.807) is 11.0 Å². The molecule has 0 saturated heterocycles. The minimum atomic E-state index is -0.981. The Bertz CT molecular complexity index is 1490. The predicted molar refractivity (Wildman–Crippen MR) is 143 cm³/mol. The SMILES string of the molecule is CCCCSc1nnc2c(n1)O[C@H](c1c(OC(C)=O)ccc3ccccc13)N(C(C)=O)c1ccccc1-2. The van der Waals surface area contributed by atoms with E-state index in [1.165, 1.54) is 25.6 Å². The normalized spacial score (nSPS) is 14.4. The molecule has 0 spiro atoms. The minimum absolute atomic E-state index is 0.252. The molecule has 0 aliphatic carbocycles. The number of ether oxygens (including phenoxy) is 2. The first-order valence-corrected chi connectivity index (χ1v) is 13.1. The molecule has 9 heteroatoms. The second kappa shape index (κ2) is 10.6. The van der Waals surface area contributed by atoms with Crippen LogP contribution in [-0.2, 0) is 9.59 Å². The van der Waals surface area contributed by atoms with E-state index in [0.29, 0.717) is 33.4 Å². The predicted octanol–water partition coefficient (Wildman–Crippen LogP) is 5.95. The third kappa shape index (κ3) is 4.86. The van der Waals surface area contributed by atoms with E-state index in [2.05, 4.69) is 17.1 Å². The molecule has 4 aromatic rings. The molecule has 8 nitrogen and oxygen atoms in total. The summed E-state index contributed by atoms with van der Waals surface area (Å²) in [6.45, 7) is 4.95. The Morgan fingerprint density at radius 2 is 1.81 bits per heavy atom. The number of anilines is 1. The van der Waals surface area contributed by atoms with Gasteiger partial charge in [-0.15, -0.1) is 10.2 Å². The summed E-state index contributed by atoms with van der Waals surface area (Å²) in [5.74, 6) is 0.701. The Morgan fingerprint density at radius 1 is 1.03 bits per heavy atom. The van der Waals surface area contributed by atoms with Crippen LogP contribution in [0.1, 0.15) is 45.4 Å². The van der Waals surface area contributed by atoms with Gasteiger partial charge in [0.2, 0.25) is 23.2 Å². The van der Waals surface area contributed by atoms with E-state index in [9.17, 15) is 9.59 Å². The van der Waals surface area contributed by atoms with Gasteiger partial charge in [-0.25, -0.2) is 0 Å². The van der Waals surface area contributed by atoms with Crippen LogP contribution in [0.15, 0.2) is 65.8 Å². The first-order chi connectivity index (χ1) is 18.0. The second-order valence-electron chi connectivity index (χ2n) is 8.62. The summed E-state index contributed by atoms with van der Waals surface area (Å²) in [4.78, 5) is 31.6. The molecular formula is C28H26N4O4S. The first-order valence-electron chi connectivity index (χ1n) is 12.1. The van der Waals surface area contributed by atoms with E-state index in [-0.39, 0.29) is 11.8 Å². The summed E-state index contributed by atoms with van der Waals surface area (Å²) in [6.07, 6.45) is 1.10. The van der Waals surface area contributed by atoms with Gasteiger partial charge in [0.15, 0.2) is 5.69 Å². The molecule has 0 fully saturated rings. The zero-order valence-corrected chi connectivity index (χ0v) is 21.6. The molecule has 0 unspecified atom stereocenters. The summed E-state index contributed by atoms with van der Waals surface area (Å²) < 4.78 is 12.2. The number of amides is 1. The van der Waals surface area contributed by atoms with E-state index in [1.807, 2.05) is 54.6 Å². The lowest BCUT2D eigenvalue weighted by Crippen LogP contribution is -2.36. The lowest BCUT2D eigenvalue weighted by atomic mass is 10.0. The van der Waals surface area contributed by atoms with Crippen LogP contribution in [0.5, 0.6) is 11.6 Å². The standard InChI is InChI=1S/C28H26N4O4S/c1-4-5-16-37-28-29-26-25(30-31-28)21-12-8-9-13-22(21)32(17(2)33)27(36-26)24-20-11-7-6-10-19(20)14-15-23(24)35-18(3)34/h6-15,27H,4-5,16H2,1-3H3/t27-/m1/s1. The van der Waals surface area contributed by atoms with Gasteiger partial charge in [0.05, 0.1) is 11.3 Å². The van der Waals surface area contributed by atoms with Crippen molar-refractivity contribution in [3.8, 4) is 22.9 Å². The van der Waals surface area contributed by atoms with Gasteiger partial charge < -0.3 is 9.47 Å². The highest BCUT2D eigenvalue weighted by atomic mass is 32.2. The molecule has 2 heterocycles. The van der Waals surface area contributed by atoms with Crippen LogP contribution in [0.25, 0.3) is 22.0 Å². The number of hydrogen-bond acceptors (Lipinski definition) is 8. The topological polar surface area (TPSA) is 94.5 Å². The molecule has 0 bridgehead atoms. The molecule has 0 saturated carbocycles. The van der Waals surface area contributed by atoms with Crippen molar-refractivity contribution in [3.05, 3.63) is 66.2 Å². The molecular weight excluding hydrogens is 488 g/mol. The first kappa shape index (κ1) is 24.7. The Labute approximate surface area is 219 Å². The fraction of sp³-hybridized carbons (Fsp3) is 0.250. The molecule has 1 aliphatic rings. The number of unbranched alkanes of at least 4 members (excludes halogenated alkanes) is 1. The lowest BCUT2D eigenvalue weighted by molar-refractivity contribution is -0.131. The van der Waals surface area contributed by atoms with Gasteiger partial charge in [0.25, 0.3) is 0 Å². The summed E-state index contributed by atoms with van der Waals surface area (Å²) in [7, 11) is 0. The molecule has 1 aromatic heterocycles. The highest BCUT2D eigenvalue weighted by molar-refractivity contribution is 7.99. The Morgan fingerprint density at radius 3 is 2.59 bits per heavy atom. The number of carbonyl (C=O) groups excluding carboxylic acids is 2. The number of para-hydroxylation sites is 1. The maximum atomic E-state index is 13.2. The number of rotatable bonds is 6. The Balaban J connectivity index is 1.76. The van der Waals surface area contributed by atoms with Crippen LogP contribution in [0.4, 0.5) is 5.69 Å². The average Bonchev–Trinajstić information content (AvgIpc) is 3.02. The quantitative estimate of drug-likeness (QED) is 0.135. The molecule has 5 rings (SSSR count). The van der Waals surface area contributed by atoms with Gasteiger partial charge in [-0.1, -0.05) is 73.6 Å². The van der Waals surface area contributed by atoms with Gasteiger partial charge >= 0.3 is 5.97 Å². The fourth-order valence-electron chi connectivity index (χ4n) is 4.38. The average molecular weight is 515 g/mol. The molecule has 0 N–H and O–H groups in total. The third-order valence-electron chi connectivity index (χ3n) is 6.01. The highest BCUT2D eigenvalue weighted by Crippen LogP contribution is 2.46. The van der Waals surface area contributed by atoms with Crippen molar-refractivity contribution >= 4 is 40.1 Å². The number of carbonyl (C=O) groups is 2. The molecule has 1 atom stereocenters. The number of fused-ring (bicyclic) bond motifs is 4. The lowest BCUT2D eigenvalue weighted by Gasteiger charge is -2.31. The van der Waals surface area contributed by atoms with Gasteiger partial charge in [-0.3, -0.25) is 14.5 Å². The largest absolute Gasteiger partial charge is 0.447 e.